The summed E-state index contributed by atoms with van der Waals surface area (Å²) >= 11 is 0. The zero-order valence-electron chi connectivity index (χ0n) is 15.0. The minimum Gasteiger partial charge on any atom is -0.349 e. The third-order valence-electron chi connectivity index (χ3n) is 4.61. The van der Waals surface area contributed by atoms with Crippen molar-refractivity contribution in [3.8, 4) is 0 Å². The maximum Gasteiger partial charge on any atom is 0.208 e. The topological polar surface area (TPSA) is 13.0 Å². The minimum atomic E-state index is 0.292. The lowest BCUT2D eigenvalue weighted by Gasteiger charge is -2.33. The molecule has 3 rings (SSSR count). The Morgan fingerprint density at radius 2 is 1.17 bits per heavy atom. The summed E-state index contributed by atoms with van der Waals surface area (Å²) in [6, 6.07) is 9.36. The summed E-state index contributed by atoms with van der Waals surface area (Å²) in [5.74, 6) is 0. The molecular formula is C20H26N4. The monoisotopic (exact) mass is 322 g/mol. The van der Waals surface area contributed by atoms with Crippen LogP contribution in [0.1, 0.15) is 49.9 Å². The lowest BCUT2D eigenvalue weighted by atomic mass is 9.91. The smallest absolute Gasteiger partial charge is 0.208 e. The average molecular weight is 322 g/mol. The molecule has 4 heteroatoms. The van der Waals surface area contributed by atoms with Gasteiger partial charge in [0.05, 0.1) is 12.1 Å². The van der Waals surface area contributed by atoms with Gasteiger partial charge in [-0.1, -0.05) is 38.1 Å². The maximum absolute atomic E-state index is 3.37. The SMILES string of the molecule is CCC(c1ccccc1C(CC)N1[C]N(C)C=C1)N1[C]N(C)C=C1. The molecule has 4 radical (unpaired) electrons. The van der Waals surface area contributed by atoms with E-state index < -0.39 is 0 Å². The van der Waals surface area contributed by atoms with E-state index in [1.807, 2.05) is 36.3 Å². The molecule has 0 saturated heterocycles. The van der Waals surface area contributed by atoms with Crippen LogP contribution in [-0.4, -0.2) is 33.7 Å². The Bertz CT molecular complexity index is 556. The van der Waals surface area contributed by atoms with Gasteiger partial charge in [-0.25, -0.2) is 0 Å². The number of benzene rings is 1. The van der Waals surface area contributed by atoms with E-state index in [1.54, 1.807) is 0 Å². The molecule has 2 atom stereocenters. The first-order chi connectivity index (χ1) is 11.6. The van der Waals surface area contributed by atoms with Crippen molar-refractivity contribution in [1.29, 1.82) is 0 Å². The van der Waals surface area contributed by atoms with Crippen LogP contribution in [0.4, 0.5) is 0 Å². The van der Waals surface area contributed by atoms with Gasteiger partial charge in [-0.3, -0.25) is 0 Å². The van der Waals surface area contributed by atoms with Gasteiger partial charge in [0.15, 0.2) is 0 Å². The molecule has 0 aliphatic carbocycles. The highest BCUT2D eigenvalue weighted by Gasteiger charge is 2.28. The van der Waals surface area contributed by atoms with Crippen molar-refractivity contribution >= 4 is 0 Å². The van der Waals surface area contributed by atoms with Crippen molar-refractivity contribution in [2.45, 2.75) is 38.8 Å². The molecule has 24 heavy (non-hydrogen) atoms. The van der Waals surface area contributed by atoms with Crippen LogP contribution in [0.2, 0.25) is 0 Å². The van der Waals surface area contributed by atoms with Crippen LogP contribution in [0.15, 0.2) is 49.1 Å². The third kappa shape index (κ3) is 3.23. The molecule has 0 bridgehead atoms. The Hall–Kier alpha value is -2.10. The van der Waals surface area contributed by atoms with E-state index in [1.165, 1.54) is 11.1 Å². The van der Waals surface area contributed by atoms with E-state index >= 15 is 0 Å². The second-order valence-corrected chi connectivity index (χ2v) is 6.31. The van der Waals surface area contributed by atoms with E-state index in [4.69, 9.17) is 0 Å². The van der Waals surface area contributed by atoms with Crippen LogP contribution in [0.3, 0.4) is 0 Å². The molecule has 0 spiro atoms. The van der Waals surface area contributed by atoms with E-state index in [9.17, 15) is 0 Å². The Morgan fingerprint density at radius 1 is 0.750 bits per heavy atom. The van der Waals surface area contributed by atoms with Crippen LogP contribution in [0, 0.1) is 13.3 Å². The predicted octanol–water partition coefficient (Wildman–Crippen LogP) is 4.02. The Balaban J connectivity index is 1.91. The summed E-state index contributed by atoms with van der Waals surface area (Å²) in [4.78, 5) is 8.32. The van der Waals surface area contributed by atoms with E-state index in [-0.39, 0.29) is 0 Å². The van der Waals surface area contributed by atoms with Crippen molar-refractivity contribution < 1.29 is 0 Å². The molecule has 2 aliphatic heterocycles. The molecule has 0 aromatic heterocycles. The lowest BCUT2D eigenvalue weighted by molar-refractivity contribution is 0.270. The predicted molar refractivity (Wildman–Crippen MR) is 96.5 cm³/mol. The normalized spacial score (nSPS) is 19.5. The summed E-state index contributed by atoms with van der Waals surface area (Å²) in [6.45, 7) is 11.2. The van der Waals surface area contributed by atoms with Crippen molar-refractivity contribution in [3.05, 3.63) is 73.5 Å². The minimum absolute atomic E-state index is 0.292. The highest BCUT2D eigenvalue weighted by atomic mass is 15.3. The first-order valence-corrected chi connectivity index (χ1v) is 8.64. The quantitative estimate of drug-likeness (QED) is 0.784. The largest absolute Gasteiger partial charge is 0.349 e. The number of hydrogen-bond donors (Lipinski definition) is 0. The van der Waals surface area contributed by atoms with Gasteiger partial charge in [0.1, 0.15) is 0 Å². The lowest BCUT2D eigenvalue weighted by Crippen LogP contribution is -2.26. The molecular weight excluding hydrogens is 296 g/mol. The van der Waals surface area contributed by atoms with Crippen LogP contribution in [0.25, 0.3) is 0 Å². The zero-order chi connectivity index (χ0) is 17.1. The van der Waals surface area contributed by atoms with Gasteiger partial charge in [-0.05, 0) is 24.0 Å². The van der Waals surface area contributed by atoms with Gasteiger partial charge in [0.2, 0.25) is 13.3 Å². The summed E-state index contributed by atoms with van der Waals surface area (Å²) in [5.41, 5.74) is 2.73. The molecule has 1 aromatic rings. The molecule has 4 nitrogen and oxygen atoms in total. The van der Waals surface area contributed by atoms with Crippen LogP contribution in [0.5, 0.6) is 0 Å². The molecule has 0 fully saturated rings. The fourth-order valence-corrected chi connectivity index (χ4v) is 3.44. The van der Waals surface area contributed by atoms with Crippen molar-refractivity contribution in [3.63, 3.8) is 0 Å². The molecule has 126 valence electrons. The van der Waals surface area contributed by atoms with Crippen LogP contribution >= 0.6 is 0 Å². The molecule has 0 amide bonds. The Morgan fingerprint density at radius 3 is 1.46 bits per heavy atom. The highest BCUT2D eigenvalue weighted by Crippen LogP contribution is 2.37. The second-order valence-electron chi connectivity index (χ2n) is 6.31. The molecule has 2 aliphatic rings. The Kier molecular flexibility index (Phi) is 5.03. The van der Waals surface area contributed by atoms with Gasteiger partial charge < -0.3 is 19.6 Å². The van der Waals surface area contributed by atoms with Gasteiger partial charge >= 0.3 is 0 Å². The van der Waals surface area contributed by atoms with Crippen molar-refractivity contribution in [1.82, 2.24) is 19.6 Å². The fraction of sp³-hybridized carbons (Fsp3) is 0.400. The number of rotatable bonds is 6. The van der Waals surface area contributed by atoms with Gasteiger partial charge in [-0.15, -0.1) is 0 Å². The van der Waals surface area contributed by atoms with E-state index in [2.05, 4.69) is 73.7 Å². The van der Waals surface area contributed by atoms with Crippen molar-refractivity contribution in [2.75, 3.05) is 14.1 Å². The van der Waals surface area contributed by atoms with E-state index in [0.717, 1.165) is 12.8 Å². The fourth-order valence-electron chi connectivity index (χ4n) is 3.44. The molecule has 0 saturated carbocycles. The highest BCUT2D eigenvalue weighted by molar-refractivity contribution is 5.34. The first-order valence-electron chi connectivity index (χ1n) is 8.64. The van der Waals surface area contributed by atoms with Gasteiger partial charge in [-0.2, -0.15) is 0 Å². The van der Waals surface area contributed by atoms with Crippen molar-refractivity contribution in [2.24, 2.45) is 0 Å². The second kappa shape index (κ2) is 7.20. The van der Waals surface area contributed by atoms with E-state index in [0.29, 0.717) is 12.1 Å². The first kappa shape index (κ1) is 16.7. The molecule has 2 unspecified atom stereocenters. The molecule has 2 heterocycles. The van der Waals surface area contributed by atoms with Gasteiger partial charge in [0.25, 0.3) is 0 Å². The van der Waals surface area contributed by atoms with Crippen LogP contribution in [-0.2, 0) is 0 Å². The molecule has 1 aromatic carbocycles. The average Bonchev–Trinajstić information content (AvgIpc) is 3.19. The number of hydrogen-bond acceptors (Lipinski definition) is 4. The summed E-state index contributed by atoms with van der Waals surface area (Å²) in [6.07, 6.45) is 10.4. The standard InChI is InChI=1S/C20H26N4/c1-5-19(23-13-11-21(3)15-23)17-9-7-8-10-18(17)20(6-2)24-14-12-22(4)16-24/h7-14,19-20H,5-6H2,1-4H3. The van der Waals surface area contributed by atoms with Gasteiger partial charge in [0, 0.05) is 38.9 Å². The summed E-state index contributed by atoms with van der Waals surface area (Å²) < 4.78 is 0. The maximum atomic E-state index is 3.37. The summed E-state index contributed by atoms with van der Waals surface area (Å²) in [5, 5.41) is 0. The Labute approximate surface area is 146 Å². The molecule has 0 N–H and O–H groups in total. The number of nitrogens with zero attached hydrogens (tertiary/aromatic N) is 4. The zero-order valence-corrected chi connectivity index (χ0v) is 15.0. The third-order valence-corrected chi connectivity index (χ3v) is 4.61. The van der Waals surface area contributed by atoms with Crippen LogP contribution < -0.4 is 0 Å². The summed E-state index contributed by atoms with van der Waals surface area (Å²) in [7, 11) is 4.03.